The first kappa shape index (κ1) is 19.0. The van der Waals surface area contributed by atoms with Gasteiger partial charge < -0.3 is 20.7 Å². The second-order valence-corrected chi connectivity index (χ2v) is 5.16. The second kappa shape index (κ2) is 11.5. The van der Waals surface area contributed by atoms with Crippen molar-refractivity contribution < 1.29 is 4.74 Å². The van der Waals surface area contributed by atoms with Gasteiger partial charge in [-0.05, 0) is 31.4 Å². The van der Waals surface area contributed by atoms with Gasteiger partial charge in [0, 0.05) is 39.0 Å². The van der Waals surface area contributed by atoms with E-state index < -0.39 is 0 Å². The normalized spacial score (nSPS) is 17.7. The van der Waals surface area contributed by atoms with Gasteiger partial charge in [-0.15, -0.1) is 24.0 Å². The van der Waals surface area contributed by atoms with Crippen molar-refractivity contribution >= 4 is 35.6 Å². The number of aliphatic imine (C=N–C) groups is 1. The molecule has 0 amide bonds. The number of para-hydroxylation sites is 1. The van der Waals surface area contributed by atoms with E-state index in [9.17, 15) is 0 Å². The molecule has 22 heavy (non-hydrogen) atoms. The standard InChI is InChI=1S/C16H26N4O.HI/c1-17-16(20-13-15-9-5-12-21-15)19-11-6-10-18-14-7-3-2-4-8-14;/h2-4,7-8,15,18H,5-6,9-13H2,1H3,(H2,17,19,20);1H. The van der Waals surface area contributed by atoms with E-state index in [0.717, 1.165) is 45.0 Å². The van der Waals surface area contributed by atoms with Crippen LogP contribution in [0.5, 0.6) is 0 Å². The third-order valence-corrected chi connectivity index (χ3v) is 3.49. The van der Waals surface area contributed by atoms with E-state index in [0.29, 0.717) is 6.10 Å². The molecule has 6 heteroatoms. The maximum absolute atomic E-state index is 5.58. The smallest absolute Gasteiger partial charge is 0.191 e. The highest BCUT2D eigenvalue weighted by atomic mass is 127. The zero-order chi connectivity index (χ0) is 14.8. The van der Waals surface area contributed by atoms with Gasteiger partial charge in [-0.2, -0.15) is 0 Å². The van der Waals surface area contributed by atoms with Crippen LogP contribution in [0.4, 0.5) is 5.69 Å². The molecule has 3 N–H and O–H groups in total. The Morgan fingerprint density at radius 2 is 2.05 bits per heavy atom. The van der Waals surface area contributed by atoms with E-state index in [1.165, 1.54) is 12.1 Å². The van der Waals surface area contributed by atoms with Crippen molar-refractivity contribution in [2.24, 2.45) is 4.99 Å². The van der Waals surface area contributed by atoms with Crippen LogP contribution in [0.2, 0.25) is 0 Å². The predicted octanol–water partition coefficient (Wildman–Crippen LogP) is 2.45. The molecule has 2 rings (SSSR count). The quantitative estimate of drug-likeness (QED) is 0.276. The third kappa shape index (κ3) is 7.31. The van der Waals surface area contributed by atoms with E-state index in [1.54, 1.807) is 7.05 Å². The van der Waals surface area contributed by atoms with Crippen molar-refractivity contribution in [3.8, 4) is 0 Å². The van der Waals surface area contributed by atoms with Crippen LogP contribution in [0.1, 0.15) is 19.3 Å². The Morgan fingerprint density at radius 3 is 2.73 bits per heavy atom. The number of hydrogen-bond donors (Lipinski definition) is 3. The second-order valence-electron chi connectivity index (χ2n) is 5.16. The van der Waals surface area contributed by atoms with Gasteiger partial charge in [-0.25, -0.2) is 0 Å². The maximum atomic E-state index is 5.58. The summed E-state index contributed by atoms with van der Waals surface area (Å²) in [6, 6.07) is 10.3. The molecule has 0 saturated carbocycles. The minimum absolute atomic E-state index is 0. The molecule has 0 bridgehead atoms. The highest BCUT2D eigenvalue weighted by Gasteiger charge is 2.15. The van der Waals surface area contributed by atoms with Crippen LogP contribution in [0, 0.1) is 0 Å². The van der Waals surface area contributed by atoms with Gasteiger partial charge in [0.1, 0.15) is 0 Å². The third-order valence-electron chi connectivity index (χ3n) is 3.49. The topological polar surface area (TPSA) is 57.7 Å². The van der Waals surface area contributed by atoms with Crippen LogP contribution < -0.4 is 16.0 Å². The summed E-state index contributed by atoms with van der Waals surface area (Å²) in [5.41, 5.74) is 1.17. The highest BCUT2D eigenvalue weighted by Crippen LogP contribution is 2.10. The minimum atomic E-state index is 0. The highest BCUT2D eigenvalue weighted by molar-refractivity contribution is 14.0. The van der Waals surface area contributed by atoms with Crippen LogP contribution in [-0.2, 0) is 4.74 Å². The number of halogens is 1. The Hall–Kier alpha value is -1.02. The maximum Gasteiger partial charge on any atom is 0.191 e. The Labute approximate surface area is 150 Å². The molecule has 1 saturated heterocycles. The summed E-state index contributed by atoms with van der Waals surface area (Å²) in [6.07, 6.45) is 3.69. The zero-order valence-electron chi connectivity index (χ0n) is 13.2. The number of rotatable bonds is 7. The number of nitrogens with one attached hydrogen (secondary N) is 3. The molecule has 1 aliphatic rings. The summed E-state index contributed by atoms with van der Waals surface area (Å²) in [5.74, 6) is 0.852. The molecule has 1 unspecified atom stereocenters. The summed E-state index contributed by atoms with van der Waals surface area (Å²) >= 11 is 0. The molecule has 1 aromatic carbocycles. The van der Waals surface area contributed by atoms with Gasteiger partial charge >= 0.3 is 0 Å². The molecule has 1 heterocycles. The Balaban J connectivity index is 0.00000242. The molecule has 1 atom stereocenters. The van der Waals surface area contributed by atoms with Crippen LogP contribution in [0.3, 0.4) is 0 Å². The Bertz CT molecular complexity index is 421. The van der Waals surface area contributed by atoms with Gasteiger partial charge in [-0.3, -0.25) is 4.99 Å². The number of ether oxygens (including phenoxy) is 1. The first-order valence-electron chi connectivity index (χ1n) is 7.73. The van der Waals surface area contributed by atoms with Crippen LogP contribution in [-0.4, -0.2) is 45.4 Å². The fourth-order valence-electron chi connectivity index (χ4n) is 2.32. The lowest BCUT2D eigenvalue weighted by atomic mass is 10.2. The molecule has 1 aromatic rings. The summed E-state index contributed by atoms with van der Waals surface area (Å²) < 4.78 is 5.58. The van der Waals surface area contributed by atoms with E-state index in [1.807, 2.05) is 18.2 Å². The molecule has 1 aliphatic heterocycles. The number of anilines is 1. The van der Waals surface area contributed by atoms with Crippen LogP contribution >= 0.6 is 24.0 Å². The van der Waals surface area contributed by atoms with Gasteiger partial charge in [0.15, 0.2) is 5.96 Å². The zero-order valence-corrected chi connectivity index (χ0v) is 15.5. The molecule has 124 valence electrons. The number of benzene rings is 1. The average Bonchev–Trinajstić information content (AvgIpc) is 3.04. The van der Waals surface area contributed by atoms with Crippen molar-refractivity contribution in [3.05, 3.63) is 30.3 Å². The van der Waals surface area contributed by atoms with Crippen molar-refractivity contribution in [2.45, 2.75) is 25.4 Å². The van der Waals surface area contributed by atoms with Gasteiger partial charge in [-0.1, -0.05) is 18.2 Å². The lowest BCUT2D eigenvalue weighted by molar-refractivity contribution is 0.114. The monoisotopic (exact) mass is 418 g/mol. The molecule has 5 nitrogen and oxygen atoms in total. The van der Waals surface area contributed by atoms with Crippen molar-refractivity contribution in [1.29, 1.82) is 0 Å². The molecular weight excluding hydrogens is 391 g/mol. The van der Waals surface area contributed by atoms with Crippen molar-refractivity contribution in [3.63, 3.8) is 0 Å². The summed E-state index contributed by atoms with van der Waals surface area (Å²) in [4.78, 5) is 4.22. The van der Waals surface area contributed by atoms with Gasteiger partial charge in [0.2, 0.25) is 0 Å². The SMILES string of the molecule is CN=C(NCCCNc1ccccc1)NCC1CCCO1.I. The fraction of sp³-hybridized carbons (Fsp3) is 0.562. The first-order chi connectivity index (χ1) is 10.4. The molecule has 0 spiro atoms. The number of nitrogens with zero attached hydrogens (tertiary/aromatic N) is 1. The van der Waals surface area contributed by atoms with E-state index in [4.69, 9.17) is 4.74 Å². The largest absolute Gasteiger partial charge is 0.385 e. The summed E-state index contributed by atoms with van der Waals surface area (Å²) in [6.45, 7) is 3.57. The average molecular weight is 418 g/mol. The molecular formula is C16H27IN4O. The summed E-state index contributed by atoms with van der Waals surface area (Å²) in [5, 5.41) is 10.0. The molecule has 0 aromatic heterocycles. The van der Waals surface area contributed by atoms with Crippen LogP contribution in [0.25, 0.3) is 0 Å². The Kier molecular flexibility index (Phi) is 9.98. The lowest BCUT2D eigenvalue weighted by Gasteiger charge is -2.15. The molecule has 0 radical (unpaired) electrons. The molecule has 1 fully saturated rings. The van der Waals surface area contributed by atoms with Crippen molar-refractivity contribution in [1.82, 2.24) is 10.6 Å². The number of guanidine groups is 1. The predicted molar refractivity (Wildman–Crippen MR) is 103 cm³/mol. The van der Waals surface area contributed by atoms with Gasteiger partial charge in [0.05, 0.1) is 6.10 Å². The number of hydrogen-bond acceptors (Lipinski definition) is 3. The van der Waals surface area contributed by atoms with E-state index in [-0.39, 0.29) is 24.0 Å². The molecule has 0 aliphatic carbocycles. The van der Waals surface area contributed by atoms with Gasteiger partial charge in [0.25, 0.3) is 0 Å². The fourth-order valence-corrected chi connectivity index (χ4v) is 2.32. The van der Waals surface area contributed by atoms with E-state index in [2.05, 4.69) is 33.1 Å². The lowest BCUT2D eigenvalue weighted by Crippen LogP contribution is -2.41. The minimum Gasteiger partial charge on any atom is -0.385 e. The summed E-state index contributed by atoms with van der Waals surface area (Å²) in [7, 11) is 1.80. The van der Waals surface area contributed by atoms with Crippen LogP contribution in [0.15, 0.2) is 35.3 Å². The first-order valence-corrected chi connectivity index (χ1v) is 7.73. The van der Waals surface area contributed by atoms with E-state index >= 15 is 0 Å². The van der Waals surface area contributed by atoms with Crippen molar-refractivity contribution in [2.75, 3.05) is 38.6 Å². The Morgan fingerprint density at radius 1 is 1.23 bits per heavy atom.